The van der Waals surface area contributed by atoms with Gasteiger partial charge in [-0.1, -0.05) is 15.9 Å². The first-order valence-corrected chi connectivity index (χ1v) is 7.56. The lowest BCUT2D eigenvalue weighted by Crippen LogP contribution is -2.19. The third-order valence-electron chi connectivity index (χ3n) is 3.59. The van der Waals surface area contributed by atoms with Crippen LogP contribution in [0, 0.1) is 19.3 Å². The highest BCUT2D eigenvalue weighted by Gasteiger charge is 2.42. The zero-order chi connectivity index (χ0) is 13.3. The maximum atomic E-state index is 12.1. The molecule has 1 aliphatic carbocycles. The summed E-state index contributed by atoms with van der Waals surface area (Å²) in [7, 11) is 0. The highest BCUT2D eigenvalue weighted by atomic mass is 79.9. The lowest BCUT2D eigenvalue weighted by atomic mass is 10.0. The molecule has 0 atom stereocenters. The van der Waals surface area contributed by atoms with Crippen molar-refractivity contribution in [2.45, 2.75) is 33.1 Å². The quantitative estimate of drug-likeness (QED) is 0.801. The first kappa shape index (κ1) is 13.9. The minimum Gasteiger partial charge on any atom is -0.326 e. The Labute approximate surface area is 122 Å². The molecule has 0 heterocycles. The standard InChI is InChI=1S/C14H18BrNOS/c1-9-5-11(15)6-10(2)13(9)16-12(17)7-14(8-18)3-4-14/h5-6,18H,3-4,7-8H2,1-2H3,(H,16,17). The highest BCUT2D eigenvalue weighted by Crippen LogP contribution is 2.49. The highest BCUT2D eigenvalue weighted by molar-refractivity contribution is 9.10. The SMILES string of the molecule is Cc1cc(Br)cc(C)c1NC(=O)CC1(CS)CC1. The molecule has 1 aromatic carbocycles. The van der Waals surface area contributed by atoms with E-state index in [1.54, 1.807) is 0 Å². The molecular weight excluding hydrogens is 310 g/mol. The Morgan fingerprint density at radius 3 is 2.39 bits per heavy atom. The van der Waals surface area contributed by atoms with E-state index in [9.17, 15) is 4.79 Å². The lowest BCUT2D eigenvalue weighted by Gasteiger charge is -2.15. The van der Waals surface area contributed by atoms with E-state index in [0.717, 1.165) is 39.9 Å². The molecule has 2 nitrogen and oxygen atoms in total. The third kappa shape index (κ3) is 3.09. The van der Waals surface area contributed by atoms with E-state index in [1.165, 1.54) is 0 Å². The normalized spacial score (nSPS) is 16.4. The van der Waals surface area contributed by atoms with Gasteiger partial charge in [-0.05, 0) is 61.1 Å². The van der Waals surface area contributed by atoms with Crippen LogP contribution >= 0.6 is 28.6 Å². The number of amides is 1. The van der Waals surface area contributed by atoms with Gasteiger partial charge < -0.3 is 5.32 Å². The minimum atomic E-state index is 0.107. The van der Waals surface area contributed by atoms with Crippen LogP contribution in [0.15, 0.2) is 16.6 Å². The summed E-state index contributed by atoms with van der Waals surface area (Å²) in [5, 5.41) is 3.04. The smallest absolute Gasteiger partial charge is 0.224 e. The van der Waals surface area contributed by atoms with Crippen LogP contribution in [-0.2, 0) is 4.79 Å². The number of hydrogen-bond acceptors (Lipinski definition) is 2. The van der Waals surface area contributed by atoms with Gasteiger partial charge in [0.05, 0.1) is 0 Å². The molecule has 18 heavy (non-hydrogen) atoms. The maximum absolute atomic E-state index is 12.1. The van der Waals surface area contributed by atoms with Crippen molar-refractivity contribution in [3.8, 4) is 0 Å². The van der Waals surface area contributed by atoms with Crippen molar-refractivity contribution < 1.29 is 4.79 Å². The Balaban J connectivity index is 2.07. The van der Waals surface area contributed by atoms with Crippen LogP contribution in [0.25, 0.3) is 0 Å². The molecule has 0 unspecified atom stereocenters. The van der Waals surface area contributed by atoms with E-state index in [0.29, 0.717) is 6.42 Å². The number of hydrogen-bond donors (Lipinski definition) is 2. The Kier molecular flexibility index (Phi) is 4.07. The van der Waals surface area contributed by atoms with E-state index >= 15 is 0 Å². The van der Waals surface area contributed by atoms with Gasteiger partial charge in [-0.25, -0.2) is 0 Å². The number of anilines is 1. The molecular formula is C14H18BrNOS. The number of nitrogens with one attached hydrogen (secondary N) is 1. The average Bonchev–Trinajstić information content (AvgIpc) is 3.04. The number of aryl methyl sites for hydroxylation is 2. The number of carbonyl (C=O) groups excluding carboxylic acids is 1. The maximum Gasteiger partial charge on any atom is 0.224 e. The van der Waals surface area contributed by atoms with Crippen molar-refractivity contribution in [1.82, 2.24) is 0 Å². The summed E-state index contributed by atoms with van der Waals surface area (Å²) < 4.78 is 1.05. The average molecular weight is 328 g/mol. The van der Waals surface area contributed by atoms with Gasteiger partial charge in [0.25, 0.3) is 0 Å². The van der Waals surface area contributed by atoms with Crippen LogP contribution in [0.2, 0.25) is 0 Å². The molecule has 0 radical (unpaired) electrons. The Hall–Kier alpha value is -0.480. The van der Waals surface area contributed by atoms with Crippen LogP contribution in [-0.4, -0.2) is 11.7 Å². The molecule has 4 heteroatoms. The first-order chi connectivity index (χ1) is 8.46. The summed E-state index contributed by atoms with van der Waals surface area (Å²) in [6.45, 7) is 4.03. The van der Waals surface area contributed by atoms with Crippen LogP contribution in [0.5, 0.6) is 0 Å². The van der Waals surface area contributed by atoms with Gasteiger partial charge in [0.15, 0.2) is 0 Å². The largest absolute Gasteiger partial charge is 0.326 e. The Bertz CT molecular complexity index is 460. The fourth-order valence-corrected chi connectivity index (χ4v) is 3.31. The van der Waals surface area contributed by atoms with Gasteiger partial charge in [-0.2, -0.15) is 12.6 Å². The Morgan fingerprint density at radius 1 is 1.39 bits per heavy atom. The van der Waals surface area contributed by atoms with Crippen molar-refractivity contribution in [1.29, 1.82) is 0 Å². The minimum absolute atomic E-state index is 0.107. The molecule has 0 bridgehead atoms. The van der Waals surface area contributed by atoms with Crippen LogP contribution in [0.4, 0.5) is 5.69 Å². The second-order valence-corrected chi connectivity index (χ2v) is 6.53. The third-order valence-corrected chi connectivity index (χ3v) is 4.72. The molecule has 2 rings (SSSR count). The van der Waals surface area contributed by atoms with Crippen molar-refractivity contribution in [3.63, 3.8) is 0 Å². The van der Waals surface area contributed by atoms with E-state index in [2.05, 4.69) is 33.9 Å². The van der Waals surface area contributed by atoms with Crippen molar-refractivity contribution >= 4 is 40.2 Å². The van der Waals surface area contributed by atoms with Crippen molar-refractivity contribution in [2.24, 2.45) is 5.41 Å². The molecule has 1 fully saturated rings. The molecule has 0 saturated heterocycles. The van der Waals surface area contributed by atoms with Gasteiger partial charge in [-0.15, -0.1) is 0 Å². The lowest BCUT2D eigenvalue weighted by molar-refractivity contribution is -0.117. The molecule has 1 aromatic rings. The van der Waals surface area contributed by atoms with E-state index < -0.39 is 0 Å². The summed E-state index contributed by atoms with van der Waals surface area (Å²) in [5.41, 5.74) is 3.29. The molecule has 1 saturated carbocycles. The van der Waals surface area contributed by atoms with E-state index in [1.807, 2.05) is 26.0 Å². The van der Waals surface area contributed by atoms with Gasteiger partial charge in [0, 0.05) is 16.6 Å². The zero-order valence-electron chi connectivity index (χ0n) is 10.7. The van der Waals surface area contributed by atoms with Gasteiger partial charge in [0.1, 0.15) is 0 Å². The molecule has 1 N–H and O–H groups in total. The van der Waals surface area contributed by atoms with E-state index in [4.69, 9.17) is 0 Å². The number of benzene rings is 1. The summed E-state index contributed by atoms with van der Waals surface area (Å²) >= 11 is 7.79. The molecule has 1 amide bonds. The van der Waals surface area contributed by atoms with Crippen LogP contribution in [0.1, 0.15) is 30.4 Å². The molecule has 0 aromatic heterocycles. The Morgan fingerprint density at radius 2 is 1.94 bits per heavy atom. The van der Waals surface area contributed by atoms with Crippen molar-refractivity contribution in [3.05, 3.63) is 27.7 Å². The van der Waals surface area contributed by atoms with Crippen LogP contribution < -0.4 is 5.32 Å². The van der Waals surface area contributed by atoms with Gasteiger partial charge in [-0.3, -0.25) is 4.79 Å². The zero-order valence-corrected chi connectivity index (χ0v) is 13.2. The van der Waals surface area contributed by atoms with Crippen LogP contribution in [0.3, 0.4) is 0 Å². The van der Waals surface area contributed by atoms with Gasteiger partial charge in [0.2, 0.25) is 5.91 Å². The van der Waals surface area contributed by atoms with E-state index in [-0.39, 0.29) is 11.3 Å². The summed E-state index contributed by atoms with van der Waals surface area (Å²) in [5.74, 6) is 0.911. The monoisotopic (exact) mass is 327 g/mol. The molecule has 98 valence electrons. The second kappa shape index (κ2) is 5.25. The number of carbonyl (C=O) groups is 1. The van der Waals surface area contributed by atoms with Gasteiger partial charge >= 0.3 is 0 Å². The summed E-state index contributed by atoms with van der Waals surface area (Å²) in [6, 6.07) is 4.04. The predicted octanol–water partition coefficient (Wildman–Crippen LogP) is 4.10. The molecule has 0 aliphatic heterocycles. The fourth-order valence-electron chi connectivity index (χ4n) is 2.20. The number of rotatable bonds is 4. The first-order valence-electron chi connectivity index (χ1n) is 6.13. The van der Waals surface area contributed by atoms with Crippen molar-refractivity contribution in [2.75, 3.05) is 11.1 Å². The summed E-state index contributed by atoms with van der Waals surface area (Å²) in [4.78, 5) is 12.1. The fraction of sp³-hybridized carbons (Fsp3) is 0.500. The molecule has 1 aliphatic rings. The number of thiol groups is 1. The number of halogens is 1. The summed E-state index contributed by atoms with van der Waals surface area (Å²) in [6.07, 6.45) is 2.84. The predicted molar refractivity (Wildman–Crippen MR) is 82.4 cm³/mol. The molecule has 0 spiro atoms. The second-order valence-electron chi connectivity index (χ2n) is 5.30. The topological polar surface area (TPSA) is 29.1 Å².